The highest BCUT2D eigenvalue weighted by atomic mass is 16.4. The zero-order valence-corrected chi connectivity index (χ0v) is 21.6. The molecule has 7 heteroatoms. The predicted octanol–water partition coefficient (Wildman–Crippen LogP) is 4.32. The third-order valence-corrected chi connectivity index (χ3v) is 10.2. The van der Waals surface area contributed by atoms with Crippen molar-refractivity contribution in [2.75, 3.05) is 13.2 Å². The van der Waals surface area contributed by atoms with Crippen LogP contribution in [0.15, 0.2) is 27.6 Å². The summed E-state index contributed by atoms with van der Waals surface area (Å²) >= 11 is 0. The Morgan fingerprint density at radius 2 is 1.97 bits per heavy atom. The Hall–Kier alpha value is -1.86. The van der Waals surface area contributed by atoms with Crippen LogP contribution in [-0.2, 0) is 0 Å². The van der Waals surface area contributed by atoms with Crippen LogP contribution in [0.1, 0.15) is 96.5 Å². The Kier molecular flexibility index (Phi) is 7.68. The van der Waals surface area contributed by atoms with Crippen molar-refractivity contribution in [3.05, 3.63) is 34.4 Å². The van der Waals surface area contributed by atoms with Gasteiger partial charge in [0.05, 0.1) is 18.5 Å². The number of nitrogens with one attached hydrogen (secondary N) is 2. The molecule has 196 valence electrons. The van der Waals surface area contributed by atoms with Crippen molar-refractivity contribution in [1.82, 2.24) is 10.6 Å². The molecule has 1 aromatic heterocycles. The average Bonchev–Trinajstić information content (AvgIpc) is 3.12. The number of fused-ring (bicyclic) bond motifs is 3. The summed E-state index contributed by atoms with van der Waals surface area (Å²) in [5.74, 6) is 0.959. The average molecular weight is 489 g/mol. The first-order valence-corrected chi connectivity index (χ1v) is 13.6. The van der Waals surface area contributed by atoms with Crippen LogP contribution in [0.5, 0.6) is 0 Å². The Morgan fingerprint density at radius 1 is 1.17 bits per heavy atom. The zero-order chi connectivity index (χ0) is 25.3. The van der Waals surface area contributed by atoms with E-state index < -0.39 is 5.60 Å². The molecule has 4 N–H and O–H groups in total. The summed E-state index contributed by atoms with van der Waals surface area (Å²) in [5, 5.41) is 27.0. The van der Waals surface area contributed by atoms with Crippen molar-refractivity contribution in [2.45, 2.75) is 103 Å². The molecule has 3 saturated carbocycles. The number of hydrogen-bond acceptors (Lipinski definition) is 5. The van der Waals surface area contributed by atoms with Gasteiger partial charge in [0.2, 0.25) is 0 Å². The molecule has 35 heavy (non-hydrogen) atoms. The Bertz CT molecular complexity index is 929. The van der Waals surface area contributed by atoms with Crippen LogP contribution >= 0.6 is 0 Å². The van der Waals surface area contributed by atoms with Crippen LogP contribution in [0, 0.1) is 22.7 Å². The van der Waals surface area contributed by atoms with E-state index in [4.69, 9.17) is 9.52 Å². The molecular weight excluding hydrogens is 444 g/mol. The second-order valence-electron chi connectivity index (χ2n) is 11.9. The fraction of sp³-hybridized carbons (Fsp3) is 0.786. The molecule has 0 aliphatic heterocycles. The molecule has 1 unspecified atom stereocenters. The topological polar surface area (TPSA) is 112 Å². The molecule has 7 nitrogen and oxygen atoms in total. The summed E-state index contributed by atoms with van der Waals surface area (Å²) in [7, 11) is 0. The van der Waals surface area contributed by atoms with Crippen LogP contribution in [0.3, 0.4) is 0 Å². The summed E-state index contributed by atoms with van der Waals surface area (Å²) in [5.41, 5.74) is -0.0646. The lowest BCUT2D eigenvalue weighted by molar-refractivity contribution is -0.186. The summed E-state index contributed by atoms with van der Waals surface area (Å²) in [4.78, 5) is 23.6. The smallest absolute Gasteiger partial charge is 0.335 e. The van der Waals surface area contributed by atoms with Gasteiger partial charge in [-0.2, -0.15) is 0 Å². The molecule has 0 bridgehead atoms. The van der Waals surface area contributed by atoms with Crippen molar-refractivity contribution < 1.29 is 19.4 Å². The van der Waals surface area contributed by atoms with E-state index in [1.807, 2.05) is 6.07 Å². The van der Waals surface area contributed by atoms with Gasteiger partial charge in [0.25, 0.3) is 0 Å². The summed E-state index contributed by atoms with van der Waals surface area (Å²) in [6.45, 7) is 6.97. The van der Waals surface area contributed by atoms with Gasteiger partial charge in [0, 0.05) is 24.1 Å². The summed E-state index contributed by atoms with van der Waals surface area (Å²) in [6.07, 6.45) is 11.6. The molecule has 0 radical (unpaired) electrons. The second-order valence-corrected chi connectivity index (χ2v) is 11.9. The minimum atomic E-state index is -0.703. The van der Waals surface area contributed by atoms with Gasteiger partial charge in [-0.3, -0.25) is 0 Å². The summed E-state index contributed by atoms with van der Waals surface area (Å²) in [6, 6.07) is 3.28. The van der Waals surface area contributed by atoms with E-state index in [2.05, 4.69) is 31.4 Å². The molecule has 3 aliphatic carbocycles. The number of rotatable bonds is 8. The van der Waals surface area contributed by atoms with Crippen LogP contribution in [-0.4, -0.2) is 41.0 Å². The first kappa shape index (κ1) is 26.2. The monoisotopic (exact) mass is 488 g/mol. The lowest BCUT2D eigenvalue weighted by atomic mass is 9.46. The quantitative estimate of drug-likeness (QED) is 0.435. The van der Waals surface area contributed by atoms with E-state index in [-0.39, 0.29) is 53.5 Å². The fourth-order valence-electron chi connectivity index (χ4n) is 8.14. The normalized spacial score (nSPS) is 37.2. The molecule has 3 aliphatic rings. The molecule has 1 heterocycles. The number of urea groups is 1. The molecule has 0 saturated heterocycles. The zero-order valence-electron chi connectivity index (χ0n) is 21.6. The van der Waals surface area contributed by atoms with Gasteiger partial charge in [-0.25, -0.2) is 9.59 Å². The number of carbonyl (C=O) groups is 1. The van der Waals surface area contributed by atoms with E-state index in [0.29, 0.717) is 5.92 Å². The van der Waals surface area contributed by atoms with Gasteiger partial charge in [0.15, 0.2) is 0 Å². The van der Waals surface area contributed by atoms with Gasteiger partial charge >= 0.3 is 11.7 Å². The molecule has 0 spiro atoms. The molecule has 4 rings (SSSR count). The Morgan fingerprint density at radius 3 is 2.66 bits per heavy atom. The van der Waals surface area contributed by atoms with Crippen molar-refractivity contribution in [3.8, 4) is 0 Å². The maximum absolute atomic E-state index is 12.3. The third kappa shape index (κ3) is 4.78. The standard InChI is InChI=1S/C28H44N2O5/c1-4-20(30-25(33)29-16-17-31)9-13-26(2)12-5-6-23-22(26)10-14-27(3)21(11-15-28(23,27)34)19-7-8-24(32)35-18-19/h7-8,18,20-23,31,34H,4-6,9-17H2,1-3H3,(H2,29,30,33)/t20?,21-,22+,23-,26-,27-,28+/m1/s1. The number of aliphatic hydroxyl groups excluding tert-OH is 1. The first-order chi connectivity index (χ1) is 16.7. The highest BCUT2D eigenvalue weighted by Crippen LogP contribution is 2.68. The molecule has 1 aromatic rings. The predicted molar refractivity (Wildman–Crippen MR) is 135 cm³/mol. The highest BCUT2D eigenvalue weighted by Gasteiger charge is 2.65. The van der Waals surface area contributed by atoms with E-state index in [1.165, 1.54) is 12.5 Å². The molecule has 0 aromatic carbocycles. The van der Waals surface area contributed by atoms with Gasteiger partial charge in [0.1, 0.15) is 0 Å². The number of hydrogen-bond donors (Lipinski definition) is 4. The van der Waals surface area contributed by atoms with Crippen molar-refractivity contribution >= 4 is 6.03 Å². The van der Waals surface area contributed by atoms with Crippen LogP contribution in [0.25, 0.3) is 0 Å². The minimum Gasteiger partial charge on any atom is -0.431 e. The second kappa shape index (κ2) is 10.3. The van der Waals surface area contributed by atoms with Gasteiger partial charge < -0.3 is 25.3 Å². The molecule has 7 atom stereocenters. The Balaban J connectivity index is 1.48. The number of amides is 2. The van der Waals surface area contributed by atoms with Gasteiger partial charge in [-0.1, -0.05) is 27.2 Å². The maximum Gasteiger partial charge on any atom is 0.335 e. The maximum atomic E-state index is 12.3. The lowest BCUT2D eigenvalue weighted by Gasteiger charge is -2.60. The number of carbonyl (C=O) groups excluding carboxylic acids is 1. The fourth-order valence-corrected chi connectivity index (χ4v) is 8.14. The number of aliphatic hydroxyl groups is 2. The van der Waals surface area contributed by atoms with Crippen LogP contribution < -0.4 is 16.3 Å². The van der Waals surface area contributed by atoms with Crippen LogP contribution in [0.4, 0.5) is 4.79 Å². The van der Waals surface area contributed by atoms with Gasteiger partial charge in [-0.15, -0.1) is 0 Å². The van der Waals surface area contributed by atoms with E-state index in [9.17, 15) is 14.7 Å². The van der Waals surface area contributed by atoms with Crippen molar-refractivity contribution in [1.29, 1.82) is 0 Å². The first-order valence-electron chi connectivity index (χ1n) is 13.6. The molecule has 3 fully saturated rings. The lowest BCUT2D eigenvalue weighted by Crippen LogP contribution is -2.59. The van der Waals surface area contributed by atoms with Crippen molar-refractivity contribution in [3.63, 3.8) is 0 Å². The van der Waals surface area contributed by atoms with Gasteiger partial charge in [-0.05, 0) is 92.6 Å². The largest absolute Gasteiger partial charge is 0.431 e. The Labute approximate surface area is 209 Å². The van der Waals surface area contributed by atoms with E-state index >= 15 is 0 Å². The highest BCUT2D eigenvalue weighted by molar-refractivity contribution is 5.74. The minimum absolute atomic E-state index is 0.0627. The van der Waals surface area contributed by atoms with Crippen molar-refractivity contribution in [2.24, 2.45) is 22.7 Å². The SMILES string of the molecule is CCC(CC[C@@]1(C)CCC[C@@H]2[C@@H]1CC[C@]1(C)[C@@H](c3ccc(=O)oc3)CC[C@]21O)NC(=O)NCCO. The molecule has 2 amide bonds. The molecular formula is C28H44N2O5. The third-order valence-electron chi connectivity index (χ3n) is 10.2. The van der Waals surface area contributed by atoms with E-state index in [1.54, 1.807) is 6.26 Å². The van der Waals surface area contributed by atoms with E-state index in [0.717, 1.165) is 63.4 Å². The summed E-state index contributed by atoms with van der Waals surface area (Å²) < 4.78 is 5.20. The van der Waals surface area contributed by atoms with Crippen LogP contribution in [0.2, 0.25) is 0 Å².